The second-order valence-electron chi connectivity index (χ2n) is 4.03. The molecule has 0 saturated heterocycles. The average Bonchev–Trinajstić information content (AvgIpc) is 2.35. The van der Waals surface area contributed by atoms with Gasteiger partial charge in [-0.3, -0.25) is 4.79 Å². The van der Waals surface area contributed by atoms with E-state index in [9.17, 15) is 4.79 Å². The first kappa shape index (κ1) is 8.54. The molecule has 1 N–H and O–H groups in total. The van der Waals surface area contributed by atoms with Gasteiger partial charge in [-0.05, 0) is 6.37 Å². The van der Waals surface area contributed by atoms with Crippen LogP contribution in [0, 0.1) is 0 Å². The van der Waals surface area contributed by atoms with E-state index in [-0.39, 0.29) is 12.8 Å². The van der Waals surface area contributed by atoms with E-state index in [1.807, 2.05) is 6.92 Å². The van der Waals surface area contributed by atoms with Crippen LogP contribution in [-0.2, 0) is 4.79 Å². The van der Waals surface area contributed by atoms with Crippen LogP contribution in [0.3, 0.4) is 0 Å². The van der Waals surface area contributed by atoms with Crippen LogP contribution in [0.4, 0.5) is 0 Å². The molecule has 2 nitrogen and oxygen atoms in total. The van der Waals surface area contributed by atoms with Crippen LogP contribution in [0.1, 0.15) is 90.7 Å². The molecule has 0 spiro atoms. The van der Waals surface area contributed by atoms with Crippen molar-refractivity contribution in [3.63, 3.8) is 0 Å². The SMILES string of the molecule is [2H][C@@H](C)CCCCCCCCCC([2H])([2H])C([2H])([2H])C(=O)O. The van der Waals surface area contributed by atoms with E-state index in [1.165, 1.54) is 0 Å². The minimum atomic E-state index is -2.83. The summed E-state index contributed by atoms with van der Waals surface area (Å²) in [5, 5.41) is 8.71. The summed E-state index contributed by atoms with van der Waals surface area (Å²) in [7, 11) is 0. The third-order valence-electron chi connectivity index (χ3n) is 2.49. The average molecular weight is 233 g/mol. The molecule has 0 bridgehead atoms. The molecule has 0 aliphatic carbocycles. The van der Waals surface area contributed by atoms with E-state index in [4.69, 9.17) is 12.0 Å². The fourth-order valence-corrected chi connectivity index (χ4v) is 1.58. The molecule has 96 valence electrons. The number of unbranched alkanes of at least 4 members (excludes halogenated alkanes) is 6. The van der Waals surface area contributed by atoms with Gasteiger partial charge in [-0.25, -0.2) is 0 Å². The summed E-state index contributed by atoms with van der Waals surface area (Å²) in [4.78, 5) is 10.7. The van der Waals surface area contributed by atoms with Crippen molar-refractivity contribution in [3.8, 4) is 0 Å². The minimum Gasteiger partial charge on any atom is -0.481 e. The van der Waals surface area contributed by atoms with Gasteiger partial charge in [0.05, 0.1) is 0 Å². The quantitative estimate of drug-likeness (QED) is 0.493. The summed E-state index contributed by atoms with van der Waals surface area (Å²) < 4.78 is 37.1. The molecule has 0 aliphatic heterocycles. The van der Waals surface area contributed by atoms with Gasteiger partial charge in [0.15, 0.2) is 0 Å². The van der Waals surface area contributed by atoms with Crippen molar-refractivity contribution < 1.29 is 16.8 Å². The van der Waals surface area contributed by atoms with E-state index in [0.29, 0.717) is 6.42 Å². The molecular weight excluding hydrogens is 200 g/mol. The van der Waals surface area contributed by atoms with E-state index < -0.39 is 18.7 Å². The molecule has 0 rings (SSSR count). The predicted octanol–water partition coefficient (Wildman–Crippen LogP) is 4.77. The maximum atomic E-state index is 10.7. The molecule has 0 fully saturated rings. The molecule has 0 amide bonds. The highest BCUT2D eigenvalue weighted by Crippen LogP contribution is 2.11. The molecular formula is C14H28O2. The molecule has 0 aromatic heterocycles. The van der Waals surface area contributed by atoms with Crippen molar-refractivity contribution in [2.45, 2.75) is 83.9 Å². The first-order valence-electron chi connectivity index (χ1n) is 8.84. The van der Waals surface area contributed by atoms with Crippen molar-refractivity contribution in [2.24, 2.45) is 0 Å². The lowest BCUT2D eigenvalue weighted by atomic mass is 10.1. The molecule has 1 atom stereocenters. The van der Waals surface area contributed by atoms with Gasteiger partial charge in [-0.1, -0.05) is 71.1 Å². The van der Waals surface area contributed by atoms with Gasteiger partial charge in [0.2, 0.25) is 0 Å². The molecule has 0 aromatic carbocycles. The van der Waals surface area contributed by atoms with E-state index in [0.717, 1.165) is 44.9 Å². The van der Waals surface area contributed by atoms with Crippen LogP contribution in [0.5, 0.6) is 0 Å². The van der Waals surface area contributed by atoms with Crippen LogP contribution in [0.15, 0.2) is 0 Å². The lowest BCUT2D eigenvalue weighted by Crippen LogP contribution is -1.93. The summed E-state index contributed by atoms with van der Waals surface area (Å²) in [6.45, 7) is 1.89. The van der Waals surface area contributed by atoms with Gasteiger partial charge in [0, 0.05) is 13.2 Å². The van der Waals surface area contributed by atoms with Gasteiger partial charge in [-0.15, -0.1) is 0 Å². The molecule has 0 radical (unpaired) electrons. The predicted molar refractivity (Wildman–Crippen MR) is 68.7 cm³/mol. The molecule has 16 heavy (non-hydrogen) atoms. The summed E-state index contributed by atoms with van der Waals surface area (Å²) in [5.41, 5.74) is 0. The third-order valence-corrected chi connectivity index (χ3v) is 2.49. The highest BCUT2D eigenvalue weighted by molar-refractivity contribution is 5.66. The zero-order valence-electron chi connectivity index (χ0n) is 15.3. The first-order chi connectivity index (χ1) is 9.61. The second-order valence-corrected chi connectivity index (χ2v) is 4.03. The number of hydrogen-bond acceptors (Lipinski definition) is 1. The lowest BCUT2D eigenvalue weighted by Gasteiger charge is -2.01. The van der Waals surface area contributed by atoms with Gasteiger partial charge in [0.25, 0.3) is 0 Å². The Morgan fingerprint density at radius 1 is 0.938 bits per heavy atom. The van der Waals surface area contributed by atoms with Gasteiger partial charge in [-0.2, -0.15) is 0 Å². The molecule has 0 saturated carbocycles. The third kappa shape index (κ3) is 13.5. The highest BCUT2D eigenvalue weighted by Gasteiger charge is 1.96. The maximum absolute atomic E-state index is 10.7. The van der Waals surface area contributed by atoms with E-state index in [2.05, 4.69) is 0 Å². The number of aliphatic carboxylic acids is 1. The van der Waals surface area contributed by atoms with Crippen molar-refractivity contribution in [2.75, 3.05) is 0 Å². The molecule has 0 aromatic rings. The summed E-state index contributed by atoms with van der Waals surface area (Å²) >= 11 is 0. The fraction of sp³-hybridized carbons (Fsp3) is 0.929. The molecule has 2 heteroatoms. The standard InChI is InChI=1S/C14H28O2/c1-2-3-4-5-6-7-8-9-10-11-12-13-14(15)16/h2-13H2,1H3,(H,15,16)/i2D,12D2,13D2/t2-/m0/s1. The van der Waals surface area contributed by atoms with Crippen molar-refractivity contribution in [1.29, 1.82) is 0 Å². The maximum Gasteiger partial charge on any atom is 0.303 e. The van der Waals surface area contributed by atoms with Crippen molar-refractivity contribution in [3.05, 3.63) is 0 Å². The number of rotatable bonds is 12. The molecule has 0 unspecified atom stereocenters. The van der Waals surface area contributed by atoms with Crippen LogP contribution >= 0.6 is 0 Å². The minimum absolute atomic E-state index is 0.0106. The molecule has 0 aliphatic rings. The van der Waals surface area contributed by atoms with E-state index >= 15 is 0 Å². The van der Waals surface area contributed by atoms with Crippen LogP contribution in [0.25, 0.3) is 0 Å². The monoisotopic (exact) mass is 233 g/mol. The fourth-order valence-electron chi connectivity index (χ4n) is 1.58. The van der Waals surface area contributed by atoms with Gasteiger partial charge in [0.1, 0.15) is 0 Å². The Morgan fingerprint density at radius 3 is 1.81 bits per heavy atom. The Balaban J connectivity index is 3.69. The second kappa shape index (κ2) is 12.5. The normalized spacial score (nSPS) is 18.9. The Kier molecular flexibility index (Phi) is 6.70. The van der Waals surface area contributed by atoms with E-state index in [1.54, 1.807) is 0 Å². The first-order valence-corrected chi connectivity index (χ1v) is 6.27. The lowest BCUT2D eigenvalue weighted by molar-refractivity contribution is -0.137. The van der Waals surface area contributed by atoms with Crippen LogP contribution < -0.4 is 0 Å². The zero-order valence-corrected chi connectivity index (χ0v) is 10.3. The number of carboxylic acid groups (broad SMARTS) is 1. The number of carbonyl (C=O) groups is 1. The summed E-state index contributed by atoms with van der Waals surface area (Å²) in [6.07, 6.45) is 2.33. The Bertz CT molecular complexity index is 306. The number of hydrogen-bond donors (Lipinski definition) is 1. The zero-order chi connectivity index (χ0) is 16.5. The summed E-state index contributed by atoms with van der Waals surface area (Å²) in [5.74, 6) is -1.74. The Labute approximate surface area is 107 Å². The summed E-state index contributed by atoms with van der Waals surface area (Å²) in [6, 6.07) is 0. The molecule has 0 heterocycles. The largest absolute Gasteiger partial charge is 0.481 e. The Morgan fingerprint density at radius 2 is 1.38 bits per heavy atom. The smallest absolute Gasteiger partial charge is 0.303 e. The topological polar surface area (TPSA) is 37.3 Å². The Hall–Kier alpha value is -0.530. The highest BCUT2D eigenvalue weighted by atomic mass is 16.4. The van der Waals surface area contributed by atoms with Crippen LogP contribution in [-0.4, -0.2) is 11.1 Å². The van der Waals surface area contributed by atoms with Gasteiger partial charge >= 0.3 is 5.97 Å². The van der Waals surface area contributed by atoms with Crippen LogP contribution in [0.2, 0.25) is 0 Å². The number of carboxylic acids is 1. The van der Waals surface area contributed by atoms with Crippen molar-refractivity contribution >= 4 is 5.97 Å². The van der Waals surface area contributed by atoms with Crippen molar-refractivity contribution in [1.82, 2.24) is 0 Å². The van der Waals surface area contributed by atoms with Gasteiger partial charge < -0.3 is 5.11 Å².